The van der Waals surface area contributed by atoms with E-state index in [0.717, 1.165) is 12.8 Å². The lowest BCUT2D eigenvalue weighted by Crippen LogP contribution is -2.44. The first kappa shape index (κ1) is 22.1. The van der Waals surface area contributed by atoms with Crippen LogP contribution < -0.4 is 16.4 Å². The Morgan fingerprint density at radius 3 is 2.50 bits per heavy atom. The first-order chi connectivity index (χ1) is 14.1. The molecule has 4 N–H and O–H groups in total. The molecule has 0 radical (unpaired) electrons. The molecule has 0 aromatic carbocycles. The Morgan fingerprint density at radius 1 is 1.30 bits per heavy atom. The number of carbonyl (C=O) groups excluding carboxylic acids is 2. The van der Waals surface area contributed by atoms with E-state index in [1.165, 1.54) is 10.9 Å². The number of hydrogen-bond donors (Lipinski definition) is 3. The van der Waals surface area contributed by atoms with Crippen LogP contribution in [0.25, 0.3) is 0 Å². The molecule has 1 aromatic heterocycles. The van der Waals surface area contributed by atoms with Gasteiger partial charge in [-0.2, -0.15) is 23.5 Å². The summed E-state index contributed by atoms with van der Waals surface area (Å²) in [4.78, 5) is 24.0. The van der Waals surface area contributed by atoms with Crippen LogP contribution in [0.1, 0.15) is 61.7 Å². The fraction of sp³-hybridized carbons (Fsp3) is 0.684. The number of halogens is 3. The standard InChI is InChI=1S/C19H25F3N6O2/c20-19(21,22)8-10-25-13-3-5-18(6-4-13,7-9-23)28-11-14(15(24)29)16(27-28)26-17(30)12-1-2-12/h11-13,25H,1-8,10H2,(H2,24,29)(H,26,27,30). The summed E-state index contributed by atoms with van der Waals surface area (Å²) in [6.07, 6.45) is 0.201. The number of aromatic nitrogens is 2. The van der Waals surface area contributed by atoms with Crippen LogP contribution in [0.2, 0.25) is 0 Å². The Labute approximate surface area is 172 Å². The summed E-state index contributed by atoms with van der Waals surface area (Å²) in [5, 5.41) is 19.3. The topological polar surface area (TPSA) is 126 Å². The molecule has 8 nitrogen and oxygen atoms in total. The van der Waals surface area contributed by atoms with Crippen LogP contribution in [0, 0.1) is 17.2 Å². The summed E-state index contributed by atoms with van der Waals surface area (Å²) >= 11 is 0. The smallest absolute Gasteiger partial charge is 0.365 e. The number of nitrogens with two attached hydrogens (primary N) is 1. The summed E-state index contributed by atoms with van der Waals surface area (Å²) in [5.74, 6) is -0.944. The van der Waals surface area contributed by atoms with Crippen molar-refractivity contribution in [1.29, 1.82) is 5.26 Å². The minimum atomic E-state index is -4.20. The second-order valence-corrected chi connectivity index (χ2v) is 8.12. The van der Waals surface area contributed by atoms with Crippen LogP contribution in [0.5, 0.6) is 0 Å². The van der Waals surface area contributed by atoms with E-state index < -0.39 is 24.0 Å². The Morgan fingerprint density at radius 2 is 1.97 bits per heavy atom. The monoisotopic (exact) mass is 426 g/mol. The van der Waals surface area contributed by atoms with Crippen molar-refractivity contribution in [3.63, 3.8) is 0 Å². The number of alkyl halides is 3. The highest BCUT2D eigenvalue weighted by Crippen LogP contribution is 2.39. The average Bonchev–Trinajstić information content (AvgIpc) is 3.43. The van der Waals surface area contributed by atoms with Crippen LogP contribution in [0.3, 0.4) is 0 Å². The van der Waals surface area contributed by atoms with E-state index in [9.17, 15) is 28.0 Å². The lowest BCUT2D eigenvalue weighted by atomic mass is 9.77. The molecule has 0 unspecified atom stereocenters. The third-order valence-electron chi connectivity index (χ3n) is 5.82. The Kier molecular flexibility index (Phi) is 6.36. The first-order valence-electron chi connectivity index (χ1n) is 10.0. The predicted molar refractivity (Wildman–Crippen MR) is 101 cm³/mol. The van der Waals surface area contributed by atoms with Crippen molar-refractivity contribution < 1.29 is 22.8 Å². The molecular formula is C19H25F3N6O2. The second-order valence-electron chi connectivity index (χ2n) is 8.12. The van der Waals surface area contributed by atoms with E-state index in [4.69, 9.17) is 5.73 Å². The molecule has 2 fully saturated rings. The van der Waals surface area contributed by atoms with Crippen molar-refractivity contribution in [3.8, 4) is 6.07 Å². The van der Waals surface area contributed by atoms with Crippen LogP contribution in [0.15, 0.2) is 6.20 Å². The molecule has 2 aliphatic rings. The van der Waals surface area contributed by atoms with Crippen molar-refractivity contribution in [2.24, 2.45) is 11.7 Å². The van der Waals surface area contributed by atoms with Gasteiger partial charge in [-0.1, -0.05) is 0 Å². The third-order valence-corrected chi connectivity index (χ3v) is 5.82. The molecule has 1 aromatic rings. The first-order valence-corrected chi connectivity index (χ1v) is 10.0. The van der Waals surface area contributed by atoms with E-state index in [2.05, 4.69) is 21.8 Å². The molecule has 0 saturated heterocycles. The molecule has 0 aliphatic heterocycles. The number of anilines is 1. The highest BCUT2D eigenvalue weighted by molar-refractivity contribution is 6.02. The highest BCUT2D eigenvalue weighted by atomic mass is 19.4. The number of carbonyl (C=O) groups is 2. The van der Waals surface area contributed by atoms with Gasteiger partial charge in [0.25, 0.3) is 5.91 Å². The van der Waals surface area contributed by atoms with Crippen molar-refractivity contribution in [3.05, 3.63) is 11.8 Å². The van der Waals surface area contributed by atoms with E-state index in [1.807, 2.05) is 0 Å². The van der Waals surface area contributed by atoms with Gasteiger partial charge in [-0.3, -0.25) is 14.3 Å². The van der Waals surface area contributed by atoms with Crippen molar-refractivity contribution in [1.82, 2.24) is 15.1 Å². The molecule has 30 heavy (non-hydrogen) atoms. The fourth-order valence-corrected chi connectivity index (χ4v) is 3.87. The van der Waals surface area contributed by atoms with E-state index in [0.29, 0.717) is 25.7 Å². The Bertz CT molecular complexity index is 832. The number of hydrogen-bond acceptors (Lipinski definition) is 5. The van der Waals surface area contributed by atoms with Gasteiger partial charge in [-0.25, -0.2) is 0 Å². The molecule has 0 spiro atoms. The molecule has 0 bridgehead atoms. The maximum Gasteiger partial charge on any atom is 0.390 e. The van der Waals surface area contributed by atoms with Crippen LogP contribution >= 0.6 is 0 Å². The van der Waals surface area contributed by atoms with E-state index in [1.54, 1.807) is 0 Å². The number of nitrogens with one attached hydrogen (secondary N) is 2. The number of nitrogens with zero attached hydrogens (tertiary/aromatic N) is 3. The van der Waals surface area contributed by atoms with Crippen molar-refractivity contribution in [2.45, 2.75) is 69.1 Å². The summed E-state index contributed by atoms with van der Waals surface area (Å²) in [5.41, 5.74) is 4.81. The summed E-state index contributed by atoms with van der Waals surface area (Å²) in [6.45, 7) is -0.148. The van der Waals surface area contributed by atoms with E-state index in [-0.39, 0.29) is 42.2 Å². The normalized spacial score (nSPS) is 24.3. The largest absolute Gasteiger partial charge is 0.390 e. The Balaban J connectivity index is 1.72. The SMILES string of the molecule is N#CCC1(n2cc(C(N)=O)c(NC(=O)C3CC3)n2)CCC(NCCC(F)(F)F)CC1. The minimum Gasteiger partial charge on any atom is -0.365 e. The van der Waals surface area contributed by atoms with Gasteiger partial charge in [0.15, 0.2) is 5.82 Å². The van der Waals surface area contributed by atoms with Gasteiger partial charge < -0.3 is 16.4 Å². The molecule has 1 heterocycles. The van der Waals surface area contributed by atoms with Crippen LogP contribution in [-0.4, -0.2) is 40.4 Å². The van der Waals surface area contributed by atoms with Gasteiger partial charge in [0.2, 0.25) is 5.91 Å². The lowest BCUT2D eigenvalue weighted by Gasteiger charge is -2.39. The number of amides is 2. The summed E-state index contributed by atoms with van der Waals surface area (Å²) in [7, 11) is 0. The zero-order valence-corrected chi connectivity index (χ0v) is 16.5. The van der Waals surface area contributed by atoms with Crippen molar-refractivity contribution in [2.75, 3.05) is 11.9 Å². The van der Waals surface area contributed by atoms with E-state index >= 15 is 0 Å². The van der Waals surface area contributed by atoms with Gasteiger partial charge in [-0.05, 0) is 38.5 Å². The maximum atomic E-state index is 12.3. The molecule has 2 aliphatic carbocycles. The summed E-state index contributed by atoms with van der Waals surface area (Å²) in [6, 6.07) is 2.06. The Hall–Kier alpha value is -2.61. The molecule has 2 saturated carbocycles. The minimum absolute atomic E-state index is 0.0757. The number of rotatable bonds is 8. The third kappa shape index (κ3) is 5.30. The molecule has 0 atom stereocenters. The zero-order valence-electron chi connectivity index (χ0n) is 16.5. The molecule has 2 amide bonds. The van der Waals surface area contributed by atoms with Gasteiger partial charge in [-0.15, -0.1) is 0 Å². The van der Waals surface area contributed by atoms with Crippen LogP contribution in [0.4, 0.5) is 19.0 Å². The fourth-order valence-electron chi connectivity index (χ4n) is 3.87. The molecular weight excluding hydrogens is 401 g/mol. The maximum absolute atomic E-state index is 12.3. The van der Waals surface area contributed by atoms with Crippen LogP contribution in [-0.2, 0) is 10.3 Å². The quantitative estimate of drug-likeness (QED) is 0.589. The summed E-state index contributed by atoms with van der Waals surface area (Å²) < 4.78 is 38.6. The highest BCUT2D eigenvalue weighted by Gasteiger charge is 2.39. The van der Waals surface area contributed by atoms with Gasteiger partial charge >= 0.3 is 6.18 Å². The molecule has 11 heteroatoms. The number of nitriles is 1. The average molecular weight is 426 g/mol. The van der Waals surface area contributed by atoms with Gasteiger partial charge in [0, 0.05) is 24.7 Å². The predicted octanol–water partition coefficient (Wildman–Crippen LogP) is 2.42. The second kappa shape index (κ2) is 8.63. The molecule has 3 rings (SSSR count). The lowest BCUT2D eigenvalue weighted by molar-refractivity contribution is -0.133. The van der Waals surface area contributed by atoms with Gasteiger partial charge in [0.05, 0.1) is 24.4 Å². The number of primary amides is 1. The van der Waals surface area contributed by atoms with Crippen molar-refractivity contribution >= 4 is 17.6 Å². The van der Waals surface area contributed by atoms with Gasteiger partial charge in [0.1, 0.15) is 5.56 Å². The zero-order chi connectivity index (χ0) is 21.9. The molecule has 164 valence electrons.